The lowest BCUT2D eigenvalue weighted by molar-refractivity contribution is -0.137. The molecule has 1 aromatic rings. The van der Waals surface area contributed by atoms with Gasteiger partial charge in [0.15, 0.2) is 0 Å². The van der Waals surface area contributed by atoms with E-state index in [1.807, 2.05) is 6.92 Å². The predicted octanol–water partition coefficient (Wildman–Crippen LogP) is 2.90. The lowest BCUT2D eigenvalue weighted by Gasteiger charge is -2.14. The molecule has 0 radical (unpaired) electrons. The van der Waals surface area contributed by atoms with Crippen LogP contribution in [-0.4, -0.2) is 12.6 Å². The third-order valence-corrected chi connectivity index (χ3v) is 3.14. The van der Waals surface area contributed by atoms with E-state index < -0.39 is 11.7 Å². The Labute approximate surface area is 107 Å². The minimum absolute atomic E-state index is 0.0662. The van der Waals surface area contributed by atoms with Gasteiger partial charge in [0.25, 0.3) is 0 Å². The molecule has 2 nitrogen and oxygen atoms in total. The van der Waals surface area contributed by atoms with Crippen molar-refractivity contribution in [3.8, 4) is 0 Å². The van der Waals surface area contributed by atoms with Gasteiger partial charge in [-0.05, 0) is 30.7 Å². The van der Waals surface area contributed by atoms with Crippen molar-refractivity contribution in [1.82, 2.24) is 5.32 Å². The van der Waals surface area contributed by atoms with Gasteiger partial charge in [0.05, 0.1) is 5.56 Å². The van der Waals surface area contributed by atoms with E-state index in [1.165, 1.54) is 6.07 Å². The average Bonchev–Trinajstić information content (AvgIpc) is 2.26. The second-order valence-electron chi connectivity index (χ2n) is 3.82. The van der Waals surface area contributed by atoms with Crippen LogP contribution in [0.1, 0.15) is 18.1 Å². The minimum atomic E-state index is -4.31. The first-order valence-corrected chi connectivity index (χ1v) is 5.93. The summed E-state index contributed by atoms with van der Waals surface area (Å²) in [5.74, 6) is 0. The predicted molar refractivity (Wildman–Crippen MR) is 64.5 cm³/mol. The molecule has 0 aromatic heterocycles. The van der Waals surface area contributed by atoms with E-state index in [-0.39, 0.29) is 6.04 Å². The van der Waals surface area contributed by atoms with Crippen molar-refractivity contribution in [3.63, 3.8) is 0 Å². The van der Waals surface area contributed by atoms with Crippen molar-refractivity contribution in [3.05, 3.63) is 33.8 Å². The zero-order chi connectivity index (χ0) is 13.1. The fraction of sp³-hybridized carbons (Fsp3) is 0.455. The van der Waals surface area contributed by atoms with Crippen molar-refractivity contribution in [1.29, 1.82) is 0 Å². The fourth-order valence-electron chi connectivity index (χ4n) is 1.25. The number of benzene rings is 1. The van der Waals surface area contributed by atoms with Gasteiger partial charge in [-0.25, -0.2) is 0 Å². The quantitative estimate of drug-likeness (QED) is 0.897. The van der Waals surface area contributed by atoms with E-state index in [4.69, 9.17) is 5.73 Å². The van der Waals surface area contributed by atoms with Crippen molar-refractivity contribution >= 4 is 15.9 Å². The molecule has 0 spiro atoms. The third-order valence-electron chi connectivity index (χ3n) is 2.37. The molecule has 0 aliphatic rings. The van der Waals surface area contributed by atoms with Crippen LogP contribution in [0.4, 0.5) is 13.2 Å². The Hall–Kier alpha value is -0.590. The van der Waals surface area contributed by atoms with E-state index in [2.05, 4.69) is 21.2 Å². The van der Waals surface area contributed by atoms with Crippen LogP contribution in [0.2, 0.25) is 0 Å². The molecule has 0 saturated heterocycles. The van der Waals surface area contributed by atoms with Crippen LogP contribution in [0.3, 0.4) is 0 Å². The monoisotopic (exact) mass is 310 g/mol. The molecule has 0 amide bonds. The number of hydrogen-bond donors (Lipinski definition) is 2. The number of alkyl halides is 3. The molecule has 96 valence electrons. The van der Waals surface area contributed by atoms with Crippen LogP contribution in [0.25, 0.3) is 0 Å². The van der Waals surface area contributed by atoms with Crippen molar-refractivity contribution < 1.29 is 13.2 Å². The van der Waals surface area contributed by atoms with Crippen LogP contribution >= 0.6 is 15.9 Å². The third kappa shape index (κ3) is 4.29. The molecular formula is C11H14BrF3N2. The van der Waals surface area contributed by atoms with Crippen molar-refractivity contribution in [2.75, 3.05) is 6.54 Å². The first-order chi connectivity index (χ1) is 7.84. The average molecular weight is 311 g/mol. The van der Waals surface area contributed by atoms with Gasteiger partial charge in [0, 0.05) is 23.6 Å². The maximum atomic E-state index is 12.5. The molecule has 3 N–H and O–H groups in total. The first kappa shape index (κ1) is 14.5. The molecule has 1 unspecified atom stereocenters. The summed E-state index contributed by atoms with van der Waals surface area (Å²) in [7, 11) is 0. The summed E-state index contributed by atoms with van der Waals surface area (Å²) in [6.07, 6.45) is -4.31. The normalized spacial score (nSPS) is 13.8. The Balaban J connectivity index is 2.84. The van der Waals surface area contributed by atoms with Crippen LogP contribution in [0, 0.1) is 0 Å². The van der Waals surface area contributed by atoms with E-state index >= 15 is 0 Å². The molecule has 1 aromatic carbocycles. The lowest BCUT2D eigenvalue weighted by Crippen LogP contribution is -2.32. The van der Waals surface area contributed by atoms with Gasteiger partial charge in [-0.1, -0.05) is 15.9 Å². The molecule has 0 aliphatic heterocycles. The van der Waals surface area contributed by atoms with Crippen LogP contribution in [-0.2, 0) is 12.7 Å². The first-order valence-electron chi connectivity index (χ1n) is 5.13. The fourth-order valence-corrected chi connectivity index (χ4v) is 1.64. The second kappa shape index (κ2) is 5.84. The Morgan fingerprint density at radius 2 is 2.06 bits per heavy atom. The molecule has 17 heavy (non-hydrogen) atoms. The molecule has 1 rings (SSSR count). The summed E-state index contributed by atoms with van der Waals surface area (Å²) in [6.45, 7) is 2.67. The summed E-state index contributed by atoms with van der Waals surface area (Å²) in [5.41, 5.74) is 5.35. The summed E-state index contributed by atoms with van der Waals surface area (Å²) < 4.78 is 38.2. The number of nitrogens with two attached hydrogens (primary N) is 1. The Kier molecular flexibility index (Phi) is 4.97. The number of nitrogens with one attached hydrogen (secondary N) is 1. The molecule has 0 fully saturated rings. The van der Waals surface area contributed by atoms with Crippen LogP contribution < -0.4 is 11.1 Å². The molecule has 6 heteroatoms. The standard InChI is InChI=1S/C11H14BrF3N2/c1-7(5-16)17-6-8-4-9(11(13,14)15)2-3-10(8)12/h2-4,7,17H,5-6,16H2,1H3. The maximum absolute atomic E-state index is 12.5. The summed E-state index contributed by atoms with van der Waals surface area (Å²) in [6, 6.07) is 3.67. The highest BCUT2D eigenvalue weighted by molar-refractivity contribution is 9.10. The Morgan fingerprint density at radius 1 is 1.41 bits per heavy atom. The second-order valence-corrected chi connectivity index (χ2v) is 4.68. The SMILES string of the molecule is CC(CN)NCc1cc(C(F)(F)F)ccc1Br. The van der Waals surface area contributed by atoms with Gasteiger partial charge in [0.2, 0.25) is 0 Å². The van der Waals surface area contributed by atoms with Crippen LogP contribution in [0.5, 0.6) is 0 Å². The smallest absolute Gasteiger partial charge is 0.329 e. The molecule has 0 saturated carbocycles. The summed E-state index contributed by atoms with van der Waals surface area (Å²) in [4.78, 5) is 0. The summed E-state index contributed by atoms with van der Waals surface area (Å²) in [5, 5.41) is 3.05. The number of hydrogen-bond acceptors (Lipinski definition) is 2. The van der Waals surface area contributed by atoms with E-state index in [9.17, 15) is 13.2 Å². The van der Waals surface area contributed by atoms with E-state index in [0.29, 0.717) is 23.1 Å². The summed E-state index contributed by atoms with van der Waals surface area (Å²) >= 11 is 3.23. The number of rotatable bonds is 4. The van der Waals surface area contributed by atoms with E-state index in [1.54, 1.807) is 0 Å². The topological polar surface area (TPSA) is 38.0 Å². The highest BCUT2D eigenvalue weighted by Crippen LogP contribution is 2.31. The molecular weight excluding hydrogens is 297 g/mol. The maximum Gasteiger partial charge on any atom is 0.416 e. The van der Waals surface area contributed by atoms with Gasteiger partial charge in [0.1, 0.15) is 0 Å². The highest BCUT2D eigenvalue weighted by atomic mass is 79.9. The number of halogens is 4. The van der Waals surface area contributed by atoms with E-state index in [0.717, 1.165) is 12.1 Å². The zero-order valence-electron chi connectivity index (χ0n) is 9.31. The van der Waals surface area contributed by atoms with Crippen molar-refractivity contribution in [2.45, 2.75) is 25.7 Å². The Bertz CT molecular complexity index is 379. The minimum Gasteiger partial charge on any atom is -0.329 e. The molecule has 1 atom stereocenters. The molecule has 0 bridgehead atoms. The van der Waals surface area contributed by atoms with Gasteiger partial charge < -0.3 is 11.1 Å². The van der Waals surface area contributed by atoms with Gasteiger partial charge in [-0.3, -0.25) is 0 Å². The zero-order valence-corrected chi connectivity index (χ0v) is 10.9. The van der Waals surface area contributed by atoms with Crippen molar-refractivity contribution in [2.24, 2.45) is 5.73 Å². The molecule has 0 aliphatic carbocycles. The van der Waals surface area contributed by atoms with Crippen LogP contribution in [0.15, 0.2) is 22.7 Å². The van der Waals surface area contributed by atoms with Gasteiger partial charge in [-0.2, -0.15) is 13.2 Å². The van der Waals surface area contributed by atoms with Gasteiger partial charge in [-0.15, -0.1) is 0 Å². The lowest BCUT2D eigenvalue weighted by atomic mass is 10.1. The molecule has 0 heterocycles. The highest BCUT2D eigenvalue weighted by Gasteiger charge is 2.30. The largest absolute Gasteiger partial charge is 0.416 e. The Morgan fingerprint density at radius 3 is 2.59 bits per heavy atom. The van der Waals surface area contributed by atoms with Gasteiger partial charge >= 0.3 is 6.18 Å².